The van der Waals surface area contributed by atoms with E-state index in [-0.39, 0.29) is 0 Å². The fraction of sp³-hybridized carbons (Fsp3) is 0.200. The van der Waals surface area contributed by atoms with Crippen LogP contribution in [0, 0.1) is 4.91 Å². The van der Waals surface area contributed by atoms with Crippen molar-refractivity contribution in [2.75, 3.05) is 7.05 Å². The molecule has 0 bridgehead atoms. The fourth-order valence-electron chi connectivity index (χ4n) is 1.06. The highest BCUT2D eigenvalue weighted by atomic mass is 16.5. The van der Waals surface area contributed by atoms with Gasteiger partial charge in [-0.3, -0.25) is 10.3 Å². The van der Waals surface area contributed by atoms with Crippen molar-refractivity contribution in [3.63, 3.8) is 0 Å². The highest BCUT2D eigenvalue weighted by Gasteiger charge is 1.93. The van der Waals surface area contributed by atoms with Crippen molar-refractivity contribution in [3.05, 3.63) is 39.6 Å². The van der Waals surface area contributed by atoms with Crippen LogP contribution in [0.4, 0.5) is 0 Å². The molecule has 0 aliphatic rings. The molecular formula is C10H12N2O2. The predicted octanol–water partition coefficient (Wildman–Crippen LogP) is 0.640. The maximum atomic E-state index is 9.94. The number of hydrogen-bond donors (Lipinski definition) is 1. The van der Waals surface area contributed by atoms with Gasteiger partial charge in [0.2, 0.25) is 0 Å². The first kappa shape index (κ1) is 10.4. The zero-order valence-electron chi connectivity index (χ0n) is 8.14. The van der Waals surface area contributed by atoms with Crippen molar-refractivity contribution in [2.45, 2.75) is 6.92 Å². The van der Waals surface area contributed by atoms with E-state index in [1.165, 1.54) is 6.20 Å². The Morgan fingerprint density at radius 1 is 1.43 bits per heavy atom. The summed E-state index contributed by atoms with van der Waals surface area (Å²) in [4.78, 5) is 9.94. The first-order valence-electron chi connectivity index (χ1n) is 4.17. The molecule has 0 aliphatic heterocycles. The number of hydroxylamine groups is 2. The van der Waals surface area contributed by atoms with Gasteiger partial charge in [0.15, 0.2) is 0 Å². The monoisotopic (exact) mass is 192 g/mol. The molecule has 0 saturated carbocycles. The van der Waals surface area contributed by atoms with Gasteiger partial charge in [0.05, 0.1) is 6.20 Å². The number of nitroso groups, excluding NO2 is 1. The van der Waals surface area contributed by atoms with Gasteiger partial charge < -0.3 is 0 Å². The highest BCUT2D eigenvalue weighted by Crippen LogP contribution is 1.92. The van der Waals surface area contributed by atoms with E-state index >= 15 is 0 Å². The molecule has 0 amide bonds. The Morgan fingerprint density at radius 2 is 2.00 bits per heavy atom. The summed E-state index contributed by atoms with van der Waals surface area (Å²) in [6.07, 6.45) is 1.24. The summed E-state index contributed by atoms with van der Waals surface area (Å²) in [5.74, 6) is 0. The van der Waals surface area contributed by atoms with Crippen LogP contribution in [-0.4, -0.2) is 17.3 Å². The SMILES string of the molecule is CC(=c1ccc(=CN=O)cc1)N(C)O. The number of hydrogen-bond acceptors (Lipinski definition) is 4. The summed E-state index contributed by atoms with van der Waals surface area (Å²) in [7, 11) is 1.56. The second-order valence-corrected chi connectivity index (χ2v) is 2.97. The molecule has 1 rings (SSSR count). The first-order chi connectivity index (χ1) is 6.65. The minimum atomic E-state index is 0.746. The van der Waals surface area contributed by atoms with Crippen molar-refractivity contribution in [1.29, 1.82) is 0 Å². The average molecular weight is 192 g/mol. The normalized spacial score (nSPS) is 9.36. The Balaban J connectivity index is 3.24. The third-order valence-corrected chi connectivity index (χ3v) is 2.02. The van der Waals surface area contributed by atoms with Crippen molar-refractivity contribution >= 4 is 11.9 Å². The lowest BCUT2D eigenvalue weighted by Crippen LogP contribution is -2.18. The van der Waals surface area contributed by atoms with E-state index in [1.54, 1.807) is 26.1 Å². The van der Waals surface area contributed by atoms with Crippen LogP contribution >= 0.6 is 0 Å². The van der Waals surface area contributed by atoms with Crippen LogP contribution < -0.4 is 10.4 Å². The largest absolute Gasteiger partial charge is 0.289 e. The van der Waals surface area contributed by atoms with Gasteiger partial charge in [-0.25, -0.2) is 0 Å². The zero-order chi connectivity index (χ0) is 10.6. The van der Waals surface area contributed by atoms with E-state index in [4.69, 9.17) is 5.21 Å². The van der Waals surface area contributed by atoms with Crippen LogP contribution in [0.3, 0.4) is 0 Å². The minimum Gasteiger partial charge on any atom is -0.289 e. The molecule has 0 unspecified atom stereocenters. The molecule has 0 saturated heterocycles. The minimum absolute atomic E-state index is 0.746. The number of nitrogens with zero attached hydrogens (tertiary/aromatic N) is 2. The summed E-state index contributed by atoms with van der Waals surface area (Å²) < 4.78 is 0. The Labute approximate surface area is 81.7 Å². The molecule has 0 atom stereocenters. The fourth-order valence-corrected chi connectivity index (χ4v) is 1.06. The molecule has 0 aliphatic carbocycles. The molecule has 1 N–H and O–H groups in total. The summed E-state index contributed by atoms with van der Waals surface area (Å²) in [5, 5.41) is 14.5. The van der Waals surface area contributed by atoms with Crippen LogP contribution in [0.1, 0.15) is 6.92 Å². The van der Waals surface area contributed by atoms with Crippen LogP contribution in [0.5, 0.6) is 0 Å². The zero-order valence-corrected chi connectivity index (χ0v) is 8.14. The summed E-state index contributed by atoms with van der Waals surface area (Å²) in [5.41, 5.74) is 0.746. The summed E-state index contributed by atoms with van der Waals surface area (Å²) in [6, 6.07) is 7.17. The molecule has 0 fully saturated rings. The van der Waals surface area contributed by atoms with E-state index in [9.17, 15) is 4.91 Å². The van der Waals surface area contributed by atoms with Crippen molar-refractivity contribution in [1.82, 2.24) is 5.06 Å². The van der Waals surface area contributed by atoms with E-state index in [2.05, 4.69) is 5.18 Å². The maximum absolute atomic E-state index is 9.94. The average Bonchev–Trinajstić information content (AvgIpc) is 2.18. The van der Waals surface area contributed by atoms with Gasteiger partial charge >= 0.3 is 0 Å². The lowest BCUT2D eigenvalue weighted by Gasteiger charge is -2.09. The molecule has 74 valence electrons. The third-order valence-electron chi connectivity index (χ3n) is 2.02. The summed E-state index contributed by atoms with van der Waals surface area (Å²) >= 11 is 0. The molecule has 0 heterocycles. The quantitative estimate of drug-likeness (QED) is 0.552. The standard InChI is InChI=1S/C10H12N2O2/c1-8(12(2)14)10-5-3-9(4-6-10)7-11-13/h3-7,14H,1-2H3. The van der Waals surface area contributed by atoms with E-state index in [1.807, 2.05) is 12.1 Å². The Kier molecular flexibility index (Phi) is 3.36. The summed E-state index contributed by atoms with van der Waals surface area (Å²) in [6.45, 7) is 1.80. The van der Waals surface area contributed by atoms with Crippen molar-refractivity contribution in [3.8, 4) is 0 Å². The van der Waals surface area contributed by atoms with Crippen molar-refractivity contribution < 1.29 is 5.21 Å². The second kappa shape index (κ2) is 4.53. The van der Waals surface area contributed by atoms with Gasteiger partial charge in [0.25, 0.3) is 0 Å². The van der Waals surface area contributed by atoms with Crippen LogP contribution in [0.2, 0.25) is 0 Å². The number of rotatable bonds is 2. The van der Waals surface area contributed by atoms with E-state index < -0.39 is 0 Å². The van der Waals surface area contributed by atoms with Gasteiger partial charge in [0.1, 0.15) is 0 Å². The van der Waals surface area contributed by atoms with Gasteiger partial charge in [-0.05, 0) is 22.5 Å². The smallest absolute Gasteiger partial charge is 0.0787 e. The molecule has 4 heteroatoms. The molecule has 1 aromatic carbocycles. The van der Waals surface area contributed by atoms with E-state index in [0.717, 1.165) is 21.2 Å². The molecule has 0 aromatic heterocycles. The van der Waals surface area contributed by atoms with Crippen LogP contribution in [-0.2, 0) is 0 Å². The van der Waals surface area contributed by atoms with Crippen LogP contribution in [0.15, 0.2) is 29.4 Å². The van der Waals surface area contributed by atoms with Crippen molar-refractivity contribution in [2.24, 2.45) is 5.18 Å². The molecule has 0 spiro atoms. The lowest BCUT2D eigenvalue weighted by atomic mass is 10.2. The predicted molar refractivity (Wildman–Crippen MR) is 54.6 cm³/mol. The Bertz CT molecular complexity index is 414. The van der Waals surface area contributed by atoms with Gasteiger partial charge in [-0.1, -0.05) is 24.3 Å². The van der Waals surface area contributed by atoms with Crippen LogP contribution in [0.25, 0.3) is 11.9 Å². The Hall–Kier alpha value is -1.68. The topological polar surface area (TPSA) is 52.9 Å². The number of benzene rings is 1. The molecule has 14 heavy (non-hydrogen) atoms. The lowest BCUT2D eigenvalue weighted by molar-refractivity contribution is -0.00197. The van der Waals surface area contributed by atoms with Gasteiger partial charge in [-0.15, -0.1) is 4.91 Å². The highest BCUT2D eigenvalue weighted by molar-refractivity contribution is 5.38. The molecule has 4 nitrogen and oxygen atoms in total. The van der Waals surface area contributed by atoms with Gasteiger partial charge in [-0.2, -0.15) is 0 Å². The molecule has 0 radical (unpaired) electrons. The maximum Gasteiger partial charge on any atom is 0.0787 e. The second-order valence-electron chi connectivity index (χ2n) is 2.97. The molecular weight excluding hydrogens is 180 g/mol. The molecule has 1 aromatic rings. The third kappa shape index (κ3) is 2.40. The first-order valence-corrected chi connectivity index (χ1v) is 4.17. The Morgan fingerprint density at radius 3 is 2.43 bits per heavy atom. The van der Waals surface area contributed by atoms with E-state index in [0.29, 0.717) is 0 Å². The van der Waals surface area contributed by atoms with Gasteiger partial charge in [0, 0.05) is 12.7 Å².